The van der Waals surface area contributed by atoms with E-state index in [9.17, 15) is 14.4 Å². The number of amides is 1. The highest BCUT2D eigenvalue weighted by Gasteiger charge is 2.18. The first-order valence-corrected chi connectivity index (χ1v) is 9.25. The zero-order chi connectivity index (χ0) is 19.6. The van der Waals surface area contributed by atoms with Gasteiger partial charge in [0.25, 0.3) is 5.56 Å². The van der Waals surface area contributed by atoms with Crippen molar-refractivity contribution in [2.45, 2.75) is 33.0 Å². The van der Waals surface area contributed by atoms with E-state index < -0.39 is 11.2 Å². The number of methoxy groups -OCH3 is 1. The molecule has 3 rings (SSSR count). The van der Waals surface area contributed by atoms with Gasteiger partial charge >= 0.3 is 5.69 Å². The highest BCUT2D eigenvalue weighted by Crippen LogP contribution is 2.13. The van der Waals surface area contributed by atoms with Crippen LogP contribution in [-0.4, -0.2) is 26.5 Å². The quantitative estimate of drug-likeness (QED) is 0.691. The number of nitrogens with zero attached hydrogens (tertiary/aromatic N) is 3. The van der Waals surface area contributed by atoms with Crippen molar-refractivity contribution in [2.24, 2.45) is 0 Å². The second-order valence-electron chi connectivity index (χ2n) is 6.31. The van der Waals surface area contributed by atoms with Crippen molar-refractivity contribution in [3.63, 3.8) is 0 Å². The van der Waals surface area contributed by atoms with Crippen LogP contribution in [-0.2, 0) is 17.9 Å². The van der Waals surface area contributed by atoms with Crippen LogP contribution >= 0.6 is 11.5 Å². The van der Waals surface area contributed by atoms with Crippen molar-refractivity contribution < 1.29 is 9.53 Å². The van der Waals surface area contributed by atoms with Gasteiger partial charge in [-0.1, -0.05) is 12.1 Å². The molecule has 9 heteroatoms. The molecule has 8 nitrogen and oxygen atoms in total. The van der Waals surface area contributed by atoms with E-state index in [1.807, 2.05) is 24.3 Å². The average molecular weight is 388 g/mol. The summed E-state index contributed by atoms with van der Waals surface area (Å²) in [6.07, 6.45) is 0. The van der Waals surface area contributed by atoms with Gasteiger partial charge in [0.1, 0.15) is 12.3 Å². The Kier molecular flexibility index (Phi) is 5.41. The Labute approximate surface area is 159 Å². The van der Waals surface area contributed by atoms with E-state index in [0.29, 0.717) is 17.8 Å². The predicted molar refractivity (Wildman–Crippen MR) is 103 cm³/mol. The summed E-state index contributed by atoms with van der Waals surface area (Å²) in [7, 11) is 1.58. The molecule has 0 aliphatic carbocycles. The molecule has 142 valence electrons. The molecule has 2 aromatic heterocycles. The molecule has 0 saturated carbocycles. The zero-order valence-corrected chi connectivity index (χ0v) is 16.1. The Hall–Kier alpha value is -2.94. The van der Waals surface area contributed by atoms with Gasteiger partial charge in [0.15, 0.2) is 5.52 Å². The number of nitrogens with one attached hydrogen (secondary N) is 1. The topological polar surface area (TPSA) is 95.2 Å². The van der Waals surface area contributed by atoms with Crippen LogP contribution in [0.15, 0.2) is 39.2 Å². The van der Waals surface area contributed by atoms with E-state index in [1.54, 1.807) is 26.3 Å². The van der Waals surface area contributed by atoms with Gasteiger partial charge in [0.05, 0.1) is 12.6 Å². The van der Waals surface area contributed by atoms with Crippen LogP contribution < -0.4 is 21.3 Å². The number of carbonyl (C=O) groups is 1. The fourth-order valence-electron chi connectivity index (χ4n) is 2.80. The lowest BCUT2D eigenvalue weighted by Gasteiger charge is -2.14. The number of hydrogen-bond donors (Lipinski definition) is 1. The van der Waals surface area contributed by atoms with Crippen LogP contribution in [0.1, 0.15) is 25.5 Å². The molecule has 3 aromatic rings. The molecule has 0 fully saturated rings. The number of carbonyl (C=O) groups excluding carboxylic acids is 1. The molecule has 0 aliphatic heterocycles. The summed E-state index contributed by atoms with van der Waals surface area (Å²) in [6, 6.07) is 7.02. The summed E-state index contributed by atoms with van der Waals surface area (Å²) in [5.41, 5.74) is 0.514. The van der Waals surface area contributed by atoms with Gasteiger partial charge in [-0.05, 0) is 43.1 Å². The van der Waals surface area contributed by atoms with Crippen molar-refractivity contribution in [3.8, 4) is 5.75 Å². The average Bonchev–Trinajstić information content (AvgIpc) is 3.13. The van der Waals surface area contributed by atoms with Crippen molar-refractivity contribution in [1.82, 2.24) is 18.8 Å². The lowest BCUT2D eigenvalue weighted by molar-refractivity contribution is -0.121. The minimum atomic E-state index is -0.515. The molecule has 0 saturated heterocycles. The molecule has 1 amide bonds. The maximum absolute atomic E-state index is 12.7. The fourth-order valence-corrected chi connectivity index (χ4v) is 3.46. The van der Waals surface area contributed by atoms with E-state index in [4.69, 9.17) is 4.74 Å². The fraction of sp³-hybridized carbons (Fsp3) is 0.333. The Balaban J connectivity index is 1.85. The first kappa shape index (κ1) is 18.8. The highest BCUT2D eigenvalue weighted by molar-refractivity contribution is 7.04. The number of benzene rings is 1. The second kappa shape index (κ2) is 7.75. The normalized spacial score (nSPS) is 11.1. The third kappa shape index (κ3) is 3.77. The molecular weight excluding hydrogens is 368 g/mol. The maximum atomic E-state index is 12.7. The summed E-state index contributed by atoms with van der Waals surface area (Å²) >= 11 is 1.08. The molecule has 1 N–H and O–H groups in total. The Morgan fingerprint density at radius 1 is 1.33 bits per heavy atom. The molecule has 0 spiro atoms. The van der Waals surface area contributed by atoms with Gasteiger partial charge < -0.3 is 10.1 Å². The third-order valence-electron chi connectivity index (χ3n) is 4.14. The molecular formula is C18H20N4O4S. The summed E-state index contributed by atoms with van der Waals surface area (Å²) < 4.78 is 11.7. The first-order chi connectivity index (χ1) is 12.9. The monoisotopic (exact) mass is 388 g/mol. The second-order valence-corrected chi connectivity index (χ2v) is 6.94. The lowest BCUT2D eigenvalue weighted by atomic mass is 10.2. The SMILES string of the molecule is COc1cccc(CNC(=O)Cn2c(=O)n(C(C)C)c(=O)c3nscc32)c1. The molecule has 0 unspecified atom stereocenters. The van der Waals surface area contributed by atoms with Crippen LogP contribution in [0.25, 0.3) is 11.0 Å². The molecule has 0 atom stereocenters. The van der Waals surface area contributed by atoms with E-state index >= 15 is 0 Å². The molecule has 1 aromatic carbocycles. The molecule has 0 bridgehead atoms. The highest BCUT2D eigenvalue weighted by atomic mass is 32.1. The molecule has 27 heavy (non-hydrogen) atoms. The lowest BCUT2D eigenvalue weighted by Crippen LogP contribution is -2.43. The Morgan fingerprint density at radius 2 is 2.11 bits per heavy atom. The summed E-state index contributed by atoms with van der Waals surface area (Å²) in [6.45, 7) is 3.60. The predicted octanol–water partition coefficient (Wildman–Crippen LogP) is 1.53. The van der Waals surface area contributed by atoms with Crippen molar-refractivity contribution in [3.05, 3.63) is 56.0 Å². The van der Waals surface area contributed by atoms with E-state index in [0.717, 1.165) is 21.7 Å². The van der Waals surface area contributed by atoms with Crippen molar-refractivity contribution in [2.75, 3.05) is 7.11 Å². The number of fused-ring (bicyclic) bond motifs is 1. The van der Waals surface area contributed by atoms with Crippen LogP contribution in [0.3, 0.4) is 0 Å². The smallest absolute Gasteiger partial charge is 0.332 e. The van der Waals surface area contributed by atoms with Crippen molar-refractivity contribution >= 4 is 28.5 Å². The third-order valence-corrected chi connectivity index (χ3v) is 4.76. The van der Waals surface area contributed by atoms with Gasteiger partial charge in [-0.25, -0.2) is 4.79 Å². The summed E-state index contributed by atoms with van der Waals surface area (Å²) in [4.78, 5) is 37.6. The Bertz CT molecular complexity index is 1100. The summed E-state index contributed by atoms with van der Waals surface area (Å²) in [5.74, 6) is 0.370. The zero-order valence-electron chi connectivity index (χ0n) is 15.3. The van der Waals surface area contributed by atoms with Gasteiger partial charge in [-0.2, -0.15) is 4.37 Å². The molecule has 0 radical (unpaired) electrons. The van der Waals surface area contributed by atoms with E-state index in [-0.39, 0.29) is 24.0 Å². The minimum absolute atomic E-state index is 0.190. The molecule has 2 heterocycles. The van der Waals surface area contributed by atoms with Crippen LogP contribution in [0.4, 0.5) is 0 Å². The van der Waals surface area contributed by atoms with Crippen LogP contribution in [0, 0.1) is 0 Å². The maximum Gasteiger partial charge on any atom is 0.332 e. The molecule has 0 aliphatic rings. The largest absolute Gasteiger partial charge is 0.497 e. The first-order valence-electron chi connectivity index (χ1n) is 8.41. The van der Waals surface area contributed by atoms with Crippen molar-refractivity contribution in [1.29, 1.82) is 0 Å². The number of aromatic nitrogens is 3. The van der Waals surface area contributed by atoms with Crippen LogP contribution in [0.5, 0.6) is 5.75 Å². The van der Waals surface area contributed by atoms with Gasteiger partial charge in [-0.15, -0.1) is 0 Å². The Morgan fingerprint density at radius 3 is 2.81 bits per heavy atom. The number of hydrogen-bond acceptors (Lipinski definition) is 6. The standard InChI is InChI=1S/C18H20N4O4S/c1-11(2)22-17(24)16-14(10-27-20-16)21(18(22)25)9-15(23)19-8-12-5-4-6-13(7-12)26-3/h4-7,10-11H,8-9H2,1-3H3,(H,19,23). The van der Waals surface area contributed by atoms with Crippen LogP contribution in [0.2, 0.25) is 0 Å². The van der Waals surface area contributed by atoms with Gasteiger partial charge in [-0.3, -0.25) is 18.7 Å². The van der Waals surface area contributed by atoms with E-state index in [1.165, 1.54) is 4.57 Å². The number of ether oxygens (including phenoxy) is 1. The van der Waals surface area contributed by atoms with Gasteiger partial charge in [0, 0.05) is 18.0 Å². The van der Waals surface area contributed by atoms with E-state index in [2.05, 4.69) is 9.69 Å². The minimum Gasteiger partial charge on any atom is -0.497 e. The number of rotatable bonds is 6. The van der Waals surface area contributed by atoms with Gasteiger partial charge in [0.2, 0.25) is 5.91 Å². The summed E-state index contributed by atoms with van der Waals surface area (Å²) in [5, 5.41) is 4.40.